The standard InChI is InChI=1S/C16H14N6S/c1-2-4-12-10(7-17)14(11-8-18-20-16(11)19-12)9-5-3-6-13-15(9)22-23-21-13/h3,5-6,8,14H,2,4H2,1H3,(H2,18,19,20). The number of nitrogens with zero attached hydrogens (tertiary/aromatic N) is 4. The van der Waals surface area contributed by atoms with Crippen molar-refractivity contribution in [1.29, 1.82) is 5.26 Å². The highest BCUT2D eigenvalue weighted by atomic mass is 32.1. The van der Waals surface area contributed by atoms with Crippen LogP contribution in [0.2, 0.25) is 0 Å². The average molecular weight is 322 g/mol. The van der Waals surface area contributed by atoms with Crippen LogP contribution in [0.3, 0.4) is 0 Å². The number of aromatic nitrogens is 4. The highest BCUT2D eigenvalue weighted by Crippen LogP contribution is 2.43. The molecule has 0 aliphatic carbocycles. The van der Waals surface area contributed by atoms with Crippen LogP contribution in [0.15, 0.2) is 35.7 Å². The average Bonchev–Trinajstić information content (AvgIpc) is 3.22. The molecule has 4 rings (SSSR count). The van der Waals surface area contributed by atoms with Crippen molar-refractivity contribution in [2.75, 3.05) is 5.32 Å². The van der Waals surface area contributed by atoms with Crippen molar-refractivity contribution in [1.82, 2.24) is 18.9 Å². The summed E-state index contributed by atoms with van der Waals surface area (Å²) >= 11 is 1.20. The fourth-order valence-corrected chi connectivity index (χ4v) is 3.68. The highest BCUT2D eigenvalue weighted by molar-refractivity contribution is 7.00. The van der Waals surface area contributed by atoms with Crippen molar-refractivity contribution in [3.63, 3.8) is 0 Å². The number of nitriles is 1. The number of fused-ring (bicyclic) bond motifs is 2. The Balaban J connectivity index is 1.98. The van der Waals surface area contributed by atoms with Crippen molar-refractivity contribution in [3.8, 4) is 6.07 Å². The van der Waals surface area contributed by atoms with E-state index in [0.717, 1.165) is 52.1 Å². The number of aromatic amines is 1. The Bertz CT molecular complexity index is 945. The third-order valence-corrected chi connectivity index (χ3v) is 4.66. The molecule has 1 aromatic carbocycles. The van der Waals surface area contributed by atoms with E-state index in [1.54, 1.807) is 6.20 Å². The van der Waals surface area contributed by atoms with Gasteiger partial charge >= 0.3 is 0 Å². The number of anilines is 1. The molecule has 7 heteroatoms. The Morgan fingerprint density at radius 1 is 1.30 bits per heavy atom. The van der Waals surface area contributed by atoms with Crippen LogP contribution in [0.1, 0.15) is 36.8 Å². The van der Waals surface area contributed by atoms with Gasteiger partial charge in [0.1, 0.15) is 16.9 Å². The van der Waals surface area contributed by atoms with Gasteiger partial charge in [-0.25, -0.2) is 0 Å². The molecule has 2 aromatic heterocycles. The van der Waals surface area contributed by atoms with Crippen LogP contribution >= 0.6 is 11.7 Å². The van der Waals surface area contributed by atoms with Crippen molar-refractivity contribution in [3.05, 3.63) is 46.8 Å². The number of H-pyrrole nitrogens is 1. The maximum absolute atomic E-state index is 9.79. The number of hydrogen-bond donors (Lipinski definition) is 2. The van der Waals surface area contributed by atoms with Gasteiger partial charge in [0.05, 0.1) is 35.5 Å². The summed E-state index contributed by atoms with van der Waals surface area (Å²) in [5, 5.41) is 20.3. The molecule has 0 fully saturated rings. The topological polar surface area (TPSA) is 90.3 Å². The molecule has 3 aromatic rings. The summed E-state index contributed by atoms with van der Waals surface area (Å²) in [5.41, 5.74) is 5.40. The van der Waals surface area contributed by atoms with Crippen LogP contribution < -0.4 is 5.32 Å². The van der Waals surface area contributed by atoms with Gasteiger partial charge in [-0.15, -0.1) is 0 Å². The van der Waals surface area contributed by atoms with E-state index in [-0.39, 0.29) is 5.92 Å². The number of benzene rings is 1. The van der Waals surface area contributed by atoms with Crippen molar-refractivity contribution >= 4 is 28.6 Å². The first-order valence-corrected chi connectivity index (χ1v) is 8.21. The first-order valence-electron chi connectivity index (χ1n) is 7.48. The highest BCUT2D eigenvalue weighted by Gasteiger charge is 2.32. The molecule has 3 heterocycles. The zero-order chi connectivity index (χ0) is 15.8. The molecular weight excluding hydrogens is 308 g/mol. The van der Waals surface area contributed by atoms with Crippen LogP contribution in [0, 0.1) is 11.3 Å². The Morgan fingerprint density at radius 2 is 2.22 bits per heavy atom. The van der Waals surface area contributed by atoms with Crippen LogP contribution in [0.5, 0.6) is 0 Å². The fraction of sp³-hybridized carbons (Fsp3) is 0.250. The third-order valence-electron chi connectivity index (χ3n) is 4.12. The van der Waals surface area contributed by atoms with Crippen molar-refractivity contribution in [2.24, 2.45) is 0 Å². The fourth-order valence-electron chi connectivity index (χ4n) is 3.12. The second-order valence-corrected chi connectivity index (χ2v) is 6.02. The molecule has 114 valence electrons. The first-order chi connectivity index (χ1) is 11.3. The minimum absolute atomic E-state index is 0.163. The van der Waals surface area contributed by atoms with Gasteiger partial charge in [0.15, 0.2) is 0 Å². The molecular formula is C16H14N6S. The zero-order valence-electron chi connectivity index (χ0n) is 12.5. The lowest BCUT2D eigenvalue weighted by Crippen LogP contribution is -2.18. The smallest absolute Gasteiger partial charge is 0.129 e. The summed E-state index contributed by atoms with van der Waals surface area (Å²) < 4.78 is 8.76. The molecule has 0 saturated carbocycles. The second kappa shape index (κ2) is 5.48. The van der Waals surface area contributed by atoms with Crippen molar-refractivity contribution in [2.45, 2.75) is 25.7 Å². The second-order valence-electron chi connectivity index (χ2n) is 5.49. The van der Waals surface area contributed by atoms with E-state index in [0.29, 0.717) is 0 Å². The Hall–Kier alpha value is -2.72. The normalized spacial score (nSPS) is 17.0. The van der Waals surface area contributed by atoms with Crippen molar-refractivity contribution < 1.29 is 0 Å². The molecule has 6 nitrogen and oxygen atoms in total. The molecule has 23 heavy (non-hydrogen) atoms. The predicted molar refractivity (Wildman–Crippen MR) is 89.0 cm³/mol. The maximum atomic E-state index is 9.79. The Morgan fingerprint density at radius 3 is 3.04 bits per heavy atom. The van der Waals surface area contributed by atoms with Gasteiger partial charge in [0.25, 0.3) is 0 Å². The SMILES string of the molecule is CCCC1=C(C#N)C(c2cccc3nsnc23)c2cn[nH]c2N1. The molecule has 0 saturated heterocycles. The van der Waals surface area contributed by atoms with Crippen LogP contribution in [0.4, 0.5) is 5.82 Å². The van der Waals surface area contributed by atoms with Gasteiger partial charge < -0.3 is 5.32 Å². The summed E-state index contributed by atoms with van der Waals surface area (Å²) in [5.74, 6) is 0.696. The molecule has 1 unspecified atom stereocenters. The Labute approximate surface area is 137 Å². The van der Waals surface area contributed by atoms with E-state index in [9.17, 15) is 5.26 Å². The van der Waals surface area contributed by atoms with Gasteiger partial charge in [0.2, 0.25) is 0 Å². The van der Waals surface area contributed by atoms with Gasteiger partial charge in [-0.2, -0.15) is 19.1 Å². The van der Waals surface area contributed by atoms with Gasteiger partial charge in [-0.05, 0) is 18.1 Å². The largest absolute Gasteiger partial charge is 0.343 e. The minimum Gasteiger partial charge on any atom is -0.343 e. The van der Waals surface area contributed by atoms with E-state index in [1.807, 2.05) is 18.2 Å². The van der Waals surface area contributed by atoms with Crippen LogP contribution in [-0.4, -0.2) is 18.9 Å². The van der Waals surface area contributed by atoms with Gasteiger partial charge in [-0.1, -0.05) is 25.5 Å². The summed E-state index contributed by atoms with van der Waals surface area (Å²) in [4.78, 5) is 0. The lowest BCUT2D eigenvalue weighted by Gasteiger charge is -2.26. The summed E-state index contributed by atoms with van der Waals surface area (Å²) in [6, 6.07) is 8.35. The lowest BCUT2D eigenvalue weighted by molar-refractivity contribution is 0.850. The monoisotopic (exact) mass is 322 g/mol. The molecule has 0 radical (unpaired) electrons. The van der Waals surface area contributed by atoms with E-state index in [2.05, 4.69) is 37.3 Å². The molecule has 1 aliphatic heterocycles. The number of hydrogen-bond acceptors (Lipinski definition) is 6. The summed E-state index contributed by atoms with van der Waals surface area (Å²) in [6.07, 6.45) is 3.57. The summed E-state index contributed by atoms with van der Waals surface area (Å²) in [7, 11) is 0. The number of nitrogens with one attached hydrogen (secondary N) is 2. The first kappa shape index (κ1) is 13.9. The quantitative estimate of drug-likeness (QED) is 0.769. The van der Waals surface area contributed by atoms with E-state index in [1.165, 1.54) is 11.7 Å². The third kappa shape index (κ3) is 2.11. The molecule has 1 atom stereocenters. The minimum atomic E-state index is -0.163. The molecule has 1 aliphatic rings. The molecule has 0 spiro atoms. The number of rotatable bonds is 3. The molecule has 0 amide bonds. The molecule has 0 bridgehead atoms. The zero-order valence-corrected chi connectivity index (χ0v) is 13.3. The Kier molecular flexibility index (Phi) is 3.32. The summed E-state index contributed by atoms with van der Waals surface area (Å²) in [6.45, 7) is 2.10. The maximum Gasteiger partial charge on any atom is 0.129 e. The van der Waals surface area contributed by atoms with E-state index < -0.39 is 0 Å². The predicted octanol–water partition coefficient (Wildman–Crippen LogP) is 3.55. The van der Waals surface area contributed by atoms with Gasteiger partial charge in [0, 0.05) is 11.3 Å². The van der Waals surface area contributed by atoms with Gasteiger partial charge in [-0.3, -0.25) is 5.10 Å². The van der Waals surface area contributed by atoms with E-state index in [4.69, 9.17) is 0 Å². The number of allylic oxidation sites excluding steroid dienone is 2. The van der Waals surface area contributed by atoms with Crippen LogP contribution in [-0.2, 0) is 0 Å². The van der Waals surface area contributed by atoms with Crippen LogP contribution in [0.25, 0.3) is 11.0 Å². The lowest BCUT2D eigenvalue weighted by atomic mass is 9.82. The molecule has 2 N–H and O–H groups in total. The van der Waals surface area contributed by atoms with E-state index >= 15 is 0 Å².